The van der Waals surface area contributed by atoms with Crippen molar-refractivity contribution in [1.29, 1.82) is 0 Å². The SMILES string of the molecule is C=C(CN1CC(c2cc(F)ccc2F)=CC1c1ccccc1)NCC. The summed E-state index contributed by atoms with van der Waals surface area (Å²) in [6, 6.07) is 13.7. The summed E-state index contributed by atoms with van der Waals surface area (Å²) in [7, 11) is 0. The van der Waals surface area contributed by atoms with E-state index in [1.54, 1.807) is 0 Å². The van der Waals surface area contributed by atoms with E-state index in [1.807, 2.05) is 31.2 Å². The molecule has 1 heterocycles. The zero-order chi connectivity index (χ0) is 17.8. The fraction of sp³-hybridized carbons (Fsp3) is 0.238. The third kappa shape index (κ3) is 3.97. The first-order chi connectivity index (χ1) is 12.1. The Morgan fingerprint density at radius 2 is 1.96 bits per heavy atom. The minimum absolute atomic E-state index is 0.00859. The minimum atomic E-state index is -0.427. The molecule has 0 saturated heterocycles. The number of hydrogen-bond acceptors (Lipinski definition) is 2. The molecule has 0 aromatic heterocycles. The highest BCUT2D eigenvalue weighted by Crippen LogP contribution is 2.35. The van der Waals surface area contributed by atoms with Crippen LogP contribution in [0.3, 0.4) is 0 Å². The van der Waals surface area contributed by atoms with E-state index in [2.05, 4.69) is 28.9 Å². The van der Waals surface area contributed by atoms with Crippen LogP contribution in [0.15, 0.2) is 66.9 Å². The molecule has 1 atom stereocenters. The molecule has 0 saturated carbocycles. The number of rotatable bonds is 6. The van der Waals surface area contributed by atoms with Gasteiger partial charge in [0, 0.05) is 30.9 Å². The topological polar surface area (TPSA) is 15.3 Å². The lowest BCUT2D eigenvalue weighted by Gasteiger charge is -2.26. The number of likely N-dealkylation sites (N-methyl/N-ethyl adjacent to an activating group) is 1. The lowest BCUT2D eigenvalue weighted by molar-refractivity contribution is 0.296. The van der Waals surface area contributed by atoms with Crippen LogP contribution in [0.25, 0.3) is 5.57 Å². The second-order valence-corrected chi connectivity index (χ2v) is 6.21. The van der Waals surface area contributed by atoms with Crippen LogP contribution in [0.4, 0.5) is 8.78 Å². The molecular weight excluding hydrogens is 318 g/mol. The summed E-state index contributed by atoms with van der Waals surface area (Å²) < 4.78 is 27.8. The summed E-state index contributed by atoms with van der Waals surface area (Å²) in [5, 5.41) is 3.23. The fourth-order valence-corrected chi connectivity index (χ4v) is 3.25. The average molecular weight is 340 g/mol. The molecule has 3 rings (SSSR count). The Labute approximate surface area is 147 Å². The molecular formula is C21H22F2N2. The standard InChI is InChI=1S/C21H22F2N2/c1-3-24-15(2)13-25-14-17(19-12-18(22)9-10-20(19)23)11-21(25)16-7-5-4-6-8-16/h4-12,21,24H,2-3,13-14H2,1H3. The Morgan fingerprint density at radius 1 is 1.20 bits per heavy atom. The minimum Gasteiger partial charge on any atom is -0.388 e. The van der Waals surface area contributed by atoms with Crippen LogP contribution in [-0.2, 0) is 0 Å². The summed E-state index contributed by atoms with van der Waals surface area (Å²) in [6.07, 6.45) is 2.02. The average Bonchev–Trinajstić information content (AvgIpc) is 3.01. The summed E-state index contributed by atoms with van der Waals surface area (Å²) >= 11 is 0. The van der Waals surface area contributed by atoms with E-state index in [0.717, 1.165) is 29.4 Å². The van der Waals surface area contributed by atoms with Crippen LogP contribution in [0.1, 0.15) is 24.1 Å². The number of nitrogens with one attached hydrogen (secondary N) is 1. The summed E-state index contributed by atoms with van der Waals surface area (Å²) in [4.78, 5) is 2.21. The Morgan fingerprint density at radius 3 is 2.68 bits per heavy atom. The van der Waals surface area contributed by atoms with Crippen LogP contribution in [0.5, 0.6) is 0 Å². The van der Waals surface area contributed by atoms with Gasteiger partial charge >= 0.3 is 0 Å². The van der Waals surface area contributed by atoms with E-state index < -0.39 is 11.6 Å². The molecule has 1 N–H and O–H groups in total. The molecule has 1 aliphatic heterocycles. The van der Waals surface area contributed by atoms with Gasteiger partial charge < -0.3 is 5.32 Å². The van der Waals surface area contributed by atoms with Gasteiger partial charge in [0.2, 0.25) is 0 Å². The van der Waals surface area contributed by atoms with Crippen molar-refractivity contribution in [2.75, 3.05) is 19.6 Å². The van der Waals surface area contributed by atoms with Gasteiger partial charge in [0.05, 0.1) is 6.04 Å². The predicted molar refractivity (Wildman–Crippen MR) is 97.9 cm³/mol. The van der Waals surface area contributed by atoms with Crippen molar-refractivity contribution in [3.05, 3.63) is 89.6 Å². The molecule has 0 radical (unpaired) electrons. The highest BCUT2D eigenvalue weighted by molar-refractivity contribution is 5.70. The van der Waals surface area contributed by atoms with Crippen LogP contribution in [0, 0.1) is 11.6 Å². The number of benzene rings is 2. The molecule has 0 aliphatic carbocycles. The van der Waals surface area contributed by atoms with Crippen molar-refractivity contribution in [2.45, 2.75) is 13.0 Å². The van der Waals surface area contributed by atoms with Crippen LogP contribution in [0.2, 0.25) is 0 Å². The maximum atomic E-state index is 14.2. The van der Waals surface area contributed by atoms with Crippen molar-refractivity contribution in [3.8, 4) is 0 Å². The molecule has 0 bridgehead atoms. The summed E-state index contributed by atoms with van der Waals surface area (Å²) in [5.74, 6) is -0.823. The Hall–Kier alpha value is -2.46. The molecule has 130 valence electrons. The van der Waals surface area contributed by atoms with Gasteiger partial charge in [-0.3, -0.25) is 4.90 Å². The van der Waals surface area contributed by atoms with Crippen LogP contribution in [-0.4, -0.2) is 24.5 Å². The Bertz CT molecular complexity index is 784. The van der Waals surface area contributed by atoms with Gasteiger partial charge in [-0.15, -0.1) is 0 Å². The smallest absolute Gasteiger partial charge is 0.130 e. The van der Waals surface area contributed by atoms with Crippen molar-refractivity contribution >= 4 is 5.57 Å². The van der Waals surface area contributed by atoms with Crippen LogP contribution >= 0.6 is 0 Å². The van der Waals surface area contributed by atoms with Gasteiger partial charge in [-0.1, -0.05) is 43.0 Å². The molecule has 2 aromatic carbocycles. The molecule has 25 heavy (non-hydrogen) atoms. The van der Waals surface area contributed by atoms with E-state index in [-0.39, 0.29) is 6.04 Å². The normalized spacial score (nSPS) is 17.4. The first-order valence-electron chi connectivity index (χ1n) is 8.45. The molecule has 2 nitrogen and oxygen atoms in total. The Balaban J connectivity index is 1.93. The molecule has 1 aliphatic rings. The second kappa shape index (κ2) is 7.62. The number of halogens is 2. The third-order valence-corrected chi connectivity index (χ3v) is 4.36. The van der Waals surface area contributed by atoms with E-state index >= 15 is 0 Å². The summed E-state index contributed by atoms with van der Waals surface area (Å²) in [6.45, 7) is 8.08. The summed E-state index contributed by atoms with van der Waals surface area (Å²) in [5.41, 5.74) is 3.17. The van der Waals surface area contributed by atoms with Gasteiger partial charge in [-0.25, -0.2) is 8.78 Å². The number of hydrogen-bond donors (Lipinski definition) is 1. The molecule has 2 aromatic rings. The van der Waals surface area contributed by atoms with Crippen molar-refractivity contribution in [3.63, 3.8) is 0 Å². The third-order valence-electron chi connectivity index (χ3n) is 4.36. The maximum absolute atomic E-state index is 14.2. The van der Waals surface area contributed by atoms with Gasteiger partial charge in [0.25, 0.3) is 0 Å². The highest BCUT2D eigenvalue weighted by Gasteiger charge is 2.28. The predicted octanol–water partition coefficient (Wildman–Crippen LogP) is 4.53. The fourth-order valence-electron chi connectivity index (χ4n) is 3.25. The first-order valence-corrected chi connectivity index (χ1v) is 8.45. The van der Waals surface area contributed by atoms with E-state index in [1.165, 1.54) is 12.1 Å². The lowest BCUT2D eigenvalue weighted by Crippen LogP contribution is -2.30. The van der Waals surface area contributed by atoms with Gasteiger partial charge in [-0.2, -0.15) is 0 Å². The lowest BCUT2D eigenvalue weighted by atomic mass is 10.0. The monoisotopic (exact) mass is 340 g/mol. The Kier molecular flexibility index (Phi) is 5.29. The first kappa shape index (κ1) is 17.4. The quantitative estimate of drug-likeness (QED) is 0.831. The zero-order valence-electron chi connectivity index (χ0n) is 14.3. The van der Waals surface area contributed by atoms with Crippen molar-refractivity contribution in [1.82, 2.24) is 10.2 Å². The number of nitrogens with zero attached hydrogens (tertiary/aromatic N) is 1. The largest absolute Gasteiger partial charge is 0.388 e. The van der Waals surface area contributed by atoms with Crippen molar-refractivity contribution < 1.29 is 8.78 Å². The van der Waals surface area contributed by atoms with E-state index in [4.69, 9.17) is 0 Å². The molecule has 0 spiro atoms. The second-order valence-electron chi connectivity index (χ2n) is 6.21. The van der Waals surface area contributed by atoms with Crippen LogP contribution < -0.4 is 5.32 Å². The molecule has 1 unspecified atom stereocenters. The highest BCUT2D eigenvalue weighted by atomic mass is 19.1. The zero-order valence-corrected chi connectivity index (χ0v) is 14.3. The van der Waals surface area contributed by atoms with Gasteiger partial charge in [-0.05, 0) is 36.3 Å². The van der Waals surface area contributed by atoms with Crippen molar-refractivity contribution in [2.24, 2.45) is 0 Å². The molecule has 0 amide bonds. The van der Waals surface area contributed by atoms with Gasteiger partial charge in [0.15, 0.2) is 0 Å². The molecule has 4 heteroatoms. The van der Waals surface area contributed by atoms with Gasteiger partial charge in [0.1, 0.15) is 11.6 Å². The maximum Gasteiger partial charge on any atom is 0.130 e. The van der Waals surface area contributed by atoms with E-state index in [0.29, 0.717) is 18.7 Å². The van der Waals surface area contributed by atoms with E-state index in [9.17, 15) is 8.78 Å². The molecule has 0 fully saturated rings.